The second-order valence-corrected chi connectivity index (χ2v) is 20.8. The number of hydrogen-bond acceptors (Lipinski definition) is 12. The van der Waals surface area contributed by atoms with Gasteiger partial charge in [0.05, 0.1) is 57.4 Å². The van der Waals surface area contributed by atoms with E-state index in [1.54, 1.807) is 28.4 Å². The van der Waals surface area contributed by atoms with E-state index in [1.165, 1.54) is 43.0 Å². The molecule has 0 unspecified atom stereocenters. The number of benzene rings is 2. The second-order valence-electron chi connectivity index (χ2n) is 19.6. The zero-order chi connectivity index (χ0) is 53.4. The maximum Gasteiger partial charge on any atom is 0.420 e. The Morgan fingerprint density at radius 2 is 1.75 bits per heavy atom. The van der Waals surface area contributed by atoms with Crippen LogP contribution in [0.25, 0.3) is 10.4 Å². The van der Waals surface area contributed by atoms with Gasteiger partial charge in [-0.25, -0.2) is 14.4 Å². The number of ether oxygens (including phenoxy) is 1. The Balaban J connectivity index is 0.942. The van der Waals surface area contributed by atoms with E-state index >= 15 is 4.39 Å². The molecule has 4 amide bonds. The number of halogens is 4. The van der Waals surface area contributed by atoms with Gasteiger partial charge < -0.3 is 34.9 Å². The number of carbonyl (C=O) groups is 5. The summed E-state index contributed by atoms with van der Waals surface area (Å²) in [5.41, 5.74) is -0.253. The molecule has 0 aliphatic carbocycles. The molecule has 0 saturated carbocycles. The molecular formula is C51H60F4N10O6S2. The molecule has 2 aromatic carbocycles. The Bertz CT molecular complexity index is 2710. The van der Waals surface area contributed by atoms with E-state index in [4.69, 9.17) is 17.0 Å². The van der Waals surface area contributed by atoms with Gasteiger partial charge in [-0.3, -0.25) is 29.0 Å². The zero-order valence-corrected chi connectivity index (χ0v) is 43.5. The summed E-state index contributed by atoms with van der Waals surface area (Å²) in [5.74, 6) is -2.63. The molecule has 73 heavy (non-hydrogen) atoms. The van der Waals surface area contributed by atoms with Crippen molar-refractivity contribution >= 4 is 75.8 Å². The number of amides is 4. The minimum atomic E-state index is -5.17. The summed E-state index contributed by atoms with van der Waals surface area (Å²) >= 11 is 7.19. The van der Waals surface area contributed by atoms with Gasteiger partial charge in [-0.1, -0.05) is 45.0 Å². The number of aryl methyl sites for hydroxylation is 1. The fourth-order valence-corrected chi connectivity index (χ4v) is 9.95. The number of thiocarbonyl (C=S) groups is 1. The number of hydrogen-bond donors (Lipinski definition) is 2. The monoisotopic (exact) mass is 1050 g/mol. The van der Waals surface area contributed by atoms with Gasteiger partial charge in [0.25, 0.3) is 0 Å². The maximum atomic E-state index is 15.4. The lowest BCUT2D eigenvalue weighted by atomic mass is 9.85. The predicted octanol–water partition coefficient (Wildman–Crippen LogP) is 7.03. The molecule has 2 aromatic heterocycles. The second kappa shape index (κ2) is 23.6. The summed E-state index contributed by atoms with van der Waals surface area (Å²) in [7, 11) is 1.24. The van der Waals surface area contributed by atoms with Crippen LogP contribution in [0.1, 0.15) is 82.7 Å². The van der Waals surface area contributed by atoms with Crippen molar-refractivity contribution in [1.82, 2.24) is 30.4 Å². The Morgan fingerprint density at radius 3 is 2.36 bits per heavy atom. The molecule has 390 valence electrons. The first-order valence-corrected chi connectivity index (χ1v) is 25.0. The van der Waals surface area contributed by atoms with Gasteiger partial charge in [0, 0.05) is 39.8 Å². The predicted molar refractivity (Wildman–Crippen MR) is 273 cm³/mol. The largest absolute Gasteiger partial charge is 0.420 e. The SMILES string of the molecule is Cc1ncsc1-c1ccc(CNC(=O)[C@@H]2CCCN2C(=O)[C@@H](NC(=O)COCCCCN2CCN(c3ccc(N(C(=S)N(C)c4ccc(C#N)c(C(F)(F)F)c4F)C(C)(C)C=O)cn3)C(=O)C2)C(C)(C)C)cc1. The smallest absolute Gasteiger partial charge is 0.372 e. The molecule has 16 nitrogen and oxygen atoms in total. The number of alkyl halides is 3. The van der Waals surface area contributed by atoms with Crippen molar-refractivity contribution in [2.45, 2.75) is 97.6 Å². The van der Waals surface area contributed by atoms with E-state index in [1.807, 2.05) is 62.4 Å². The molecule has 4 heterocycles. The number of rotatable bonds is 18. The number of aldehydes is 1. The third-order valence-corrected chi connectivity index (χ3v) is 14.2. The molecule has 0 bridgehead atoms. The van der Waals surface area contributed by atoms with E-state index in [0.717, 1.165) is 38.7 Å². The number of thiazole rings is 1. The topological polar surface area (TPSA) is 184 Å². The average Bonchev–Trinajstić information content (AvgIpc) is 4.02. The molecule has 4 aromatic rings. The normalized spacial score (nSPS) is 15.9. The van der Waals surface area contributed by atoms with Crippen LogP contribution in [0.5, 0.6) is 0 Å². The van der Waals surface area contributed by atoms with Crippen molar-refractivity contribution in [3.05, 3.63) is 88.4 Å². The molecule has 2 fully saturated rings. The standard InChI is InChI=1S/C51H60F4N10O6S2/c1-32-44(73-31-59-32)34-14-12-33(13-15-34)26-58-46(69)38-11-10-21-63(38)47(70)45(49(2,3)4)60-40(67)29-71-24-9-8-20-62-22-23-64(41(68)28-62)39-19-17-36(27-57-39)65(50(5,6)30-66)48(72)61(7)37-18-16-35(25-56)42(43(37)52)51(53,54)55/h12-19,27,30-31,38,45H,8-11,20-24,26,28-29H2,1-7H3,(H,58,69)(H,60,67)/t38-,45+/m0/s1. The van der Waals surface area contributed by atoms with Crippen LogP contribution in [-0.4, -0.2) is 125 Å². The van der Waals surface area contributed by atoms with E-state index in [0.29, 0.717) is 70.5 Å². The number of unbranched alkanes of at least 4 members (excludes halogenated alkanes) is 1. The number of nitrogens with zero attached hydrogens (tertiary/aromatic N) is 8. The van der Waals surface area contributed by atoms with E-state index in [9.17, 15) is 42.4 Å². The van der Waals surface area contributed by atoms with Crippen molar-refractivity contribution in [3.8, 4) is 16.5 Å². The molecule has 22 heteroatoms. The Labute approximate surface area is 431 Å². The summed E-state index contributed by atoms with van der Waals surface area (Å²) in [5, 5.41) is 14.8. The van der Waals surface area contributed by atoms with Crippen LogP contribution in [0.2, 0.25) is 0 Å². The van der Waals surface area contributed by atoms with Gasteiger partial charge in [-0.15, -0.1) is 11.3 Å². The summed E-state index contributed by atoms with van der Waals surface area (Å²) in [4.78, 5) is 83.4. The lowest BCUT2D eigenvalue weighted by Crippen LogP contribution is -2.58. The summed E-state index contributed by atoms with van der Waals surface area (Å²) < 4.78 is 62.5. The van der Waals surface area contributed by atoms with Gasteiger partial charge in [-0.2, -0.15) is 18.4 Å². The number of nitriles is 1. The Kier molecular flexibility index (Phi) is 18.1. The number of piperazine rings is 1. The fourth-order valence-electron chi connectivity index (χ4n) is 8.70. The average molecular weight is 1050 g/mol. The fraction of sp³-hybridized carbons (Fsp3) is 0.471. The minimum absolute atomic E-state index is 0.103. The molecule has 2 aliphatic heterocycles. The van der Waals surface area contributed by atoms with Crippen molar-refractivity contribution in [2.24, 2.45) is 5.41 Å². The highest BCUT2D eigenvalue weighted by Gasteiger charge is 2.43. The molecular weight excluding hydrogens is 989 g/mol. The highest BCUT2D eigenvalue weighted by Crippen LogP contribution is 2.39. The molecule has 2 saturated heterocycles. The van der Waals surface area contributed by atoms with Crippen molar-refractivity contribution in [1.29, 1.82) is 5.26 Å². The van der Waals surface area contributed by atoms with Crippen LogP contribution in [0.3, 0.4) is 0 Å². The maximum absolute atomic E-state index is 15.4. The number of aromatic nitrogens is 2. The first-order valence-electron chi connectivity index (χ1n) is 23.7. The highest BCUT2D eigenvalue weighted by atomic mass is 32.1. The van der Waals surface area contributed by atoms with Crippen LogP contribution in [-0.2, 0) is 41.4 Å². The summed E-state index contributed by atoms with van der Waals surface area (Å²) in [6.45, 7) is 12.8. The lowest BCUT2D eigenvalue weighted by molar-refractivity contribution is -0.144. The molecule has 6 rings (SSSR count). The van der Waals surface area contributed by atoms with E-state index < -0.39 is 57.8 Å². The molecule has 2 atom stereocenters. The van der Waals surface area contributed by atoms with Gasteiger partial charge in [0.15, 0.2) is 10.9 Å². The van der Waals surface area contributed by atoms with Gasteiger partial charge >= 0.3 is 6.18 Å². The van der Waals surface area contributed by atoms with Crippen LogP contribution in [0, 0.1) is 29.5 Å². The van der Waals surface area contributed by atoms with Gasteiger partial charge in [0.2, 0.25) is 23.6 Å². The third kappa shape index (κ3) is 13.4. The Hall–Kier alpha value is -6.41. The molecule has 2 N–H and O–H groups in total. The number of pyridine rings is 1. The van der Waals surface area contributed by atoms with Crippen LogP contribution in [0.4, 0.5) is 34.8 Å². The zero-order valence-electron chi connectivity index (χ0n) is 41.8. The highest BCUT2D eigenvalue weighted by molar-refractivity contribution is 7.80. The summed E-state index contributed by atoms with van der Waals surface area (Å²) in [6, 6.07) is 12.7. The van der Waals surface area contributed by atoms with Crippen molar-refractivity contribution < 1.29 is 46.3 Å². The molecule has 0 spiro atoms. The molecule has 0 radical (unpaired) electrons. The van der Waals surface area contributed by atoms with Crippen molar-refractivity contribution in [3.63, 3.8) is 0 Å². The van der Waals surface area contributed by atoms with E-state index in [-0.39, 0.29) is 48.3 Å². The number of likely N-dealkylation sites (tertiary alicyclic amines) is 1. The van der Waals surface area contributed by atoms with Crippen LogP contribution in [0.15, 0.2) is 60.2 Å². The number of anilines is 3. The molecule has 2 aliphatic rings. The number of nitrogens with one attached hydrogen (secondary N) is 2. The Morgan fingerprint density at radius 1 is 1.03 bits per heavy atom. The van der Waals surface area contributed by atoms with Crippen LogP contribution >= 0.6 is 23.6 Å². The first kappa shape index (κ1) is 55.9. The number of carbonyl (C=O) groups excluding carboxylic acids is 5. The minimum Gasteiger partial charge on any atom is -0.372 e. The summed E-state index contributed by atoms with van der Waals surface area (Å²) in [6.07, 6.45) is -0.801. The first-order chi connectivity index (χ1) is 34.5. The lowest BCUT2D eigenvalue weighted by Gasteiger charge is -2.40. The van der Waals surface area contributed by atoms with Gasteiger partial charge in [0.1, 0.15) is 36.4 Å². The van der Waals surface area contributed by atoms with Crippen LogP contribution < -0.4 is 25.3 Å². The van der Waals surface area contributed by atoms with Gasteiger partial charge in [-0.05, 0) is 106 Å². The third-order valence-electron chi connectivity index (χ3n) is 12.7. The van der Waals surface area contributed by atoms with Crippen molar-refractivity contribution in [2.75, 3.05) is 67.7 Å². The van der Waals surface area contributed by atoms with E-state index in [2.05, 4.69) is 20.6 Å². The quantitative estimate of drug-likeness (QED) is 0.0449.